The van der Waals surface area contributed by atoms with Crippen LogP contribution >= 0.6 is 0 Å². The summed E-state index contributed by atoms with van der Waals surface area (Å²) in [4.78, 5) is 24.7. The highest BCUT2D eigenvalue weighted by Gasteiger charge is 2.12. The minimum absolute atomic E-state index is 0.164. The van der Waals surface area contributed by atoms with Gasteiger partial charge in [0.15, 0.2) is 0 Å². The second kappa shape index (κ2) is 9.85. The highest BCUT2D eigenvalue weighted by molar-refractivity contribution is 6.09. The molecule has 0 aliphatic heterocycles. The van der Waals surface area contributed by atoms with Gasteiger partial charge in [0, 0.05) is 5.69 Å². The summed E-state index contributed by atoms with van der Waals surface area (Å²) in [6.45, 7) is 0. The molecule has 0 radical (unpaired) electrons. The molecule has 1 amide bonds. The molecular formula is C24H17FN2O4. The van der Waals surface area contributed by atoms with Crippen LogP contribution in [0.5, 0.6) is 11.5 Å². The molecule has 0 saturated heterocycles. The van der Waals surface area contributed by atoms with Crippen LogP contribution in [0.3, 0.4) is 0 Å². The van der Waals surface area contributed by atoms with Crippen molar-refractivity contribution in [3.8, 4) is 17.6 Å². The molecule has 0 aliphatic carbocycles. The first-order valence-corrected chi connectivity index (χ1v) is 9.13. The third-order valence-electron chi connectivity index (χ3n) is 4.17. The van der Waals surface area contributed by atoms with Crippen molar-refractivity contribution >= 4 is 23.6 Å². The normalized spacial score (nSPS) is 10.7. The number of hydrogen-bond acceptors (Lipinski definition) is 5. The van der Waals surface area contributed by atoms with Crippen LogP contribution in [0.4, 0.5) is 10.1 Å². The van der Waals surface area contributed by atoms with E-state index in [4.69, 9.17) is 9.47 Å². The van der Waals surface area contributed by atoms with Gasteiger partial charge in [-0.25, -0.2) is 9.18 Å². The van der Waals surface area contributed by atoms with Crippen molar-refractivity contribution < 1.29 is 23.5 Å². The van der Waals surface area contributed by atoms with E-state index in [0.717, 1.165) is 0 Å². The van der Waals surface area contributed by atoms with Gasteiger partial charge in [-0.1, -0.05) is 12.1 Å². The molecule has 0 bridgehead atoms. The predicted octanol–water partition coefficient (Wildman–Crippen LogP) is 4.60. The third kappa shape index (κ3) is 5.78. The minimum atomic E-state index is -0.644. The molecular weight excluding hydrogens is 399 g/mol. The van der Waals surface area contributed by atoms with E-state index in [-0.39, 0.29) is 11.3 Å². The van der Waals surface area contributed by atoms with Gasteiger partial charge in [-0.15, -0.1) is 0 Å². The maximum atomic E-state index is 13.0. The summed E-state index contributed by atoms with van der Waals surface area (Å²) in [5.74, 6) is -0.763. The lowest BCUT2D eigenvalue weighted by Crippen LogP contribution is -2.13. The number of carbonyl (C=O) groups excluding carboxylic acids is 2. The van der Waals surface area contributed by atoms with Crippen LogP contribution in [0.25, 0.3) is 6.08 Å². The van der Waals surface area contributed by atoms with Crippen molar-refractivity contribution in [2.24, 2.45) is 0 Å². The lowest BCUT2D eigenvalue weighted by Gasteiger charge is -2.07. The number of hydrogen-bond donors (Lipinski definition) is 1. The quantitative estimate of drug-likeness (QED) is 0.275. The van der Waals surface area contributed by atoms with Crippen molar-refractivity contribution in [2.75, 3.05) is 12.4 Å². The Kier molecular flexibility index (Phi) is 6.76. The van der Waals surface area contributed by atoms with Crippen LogP contribution in [0, 0.1) is 17.1 Å². The van der Waals surface area contributed by atoms with Gasteiger partial charge in [0.25, 0.3) is 5.91 Å². The summed E-state index contributed by atoms with van der Waals surface area (Å²) in [5.41, 5.74) is 1.03. The van der Waals surface area contributed by atoms with Crippen molar-refractivity contribution in [1.29, 1.82) is 5.26 Å². The molecule has 0 fully saturated rings. The van der Waals surface area contributed by atoms with E-state index in [9.17, 15) is 19.2 Å². The van der Waals surface area contributed by atoms with E-state index < -0.39 is 17.7 Å². The Balaban J connectivity index is 1.73. The maximum absolute atomic E-state index is 13.0. The van der Waals surface area contributed by atoms with Crippen LogP contribution in [0.2, 0.25) is 0 Å². The predicted molar refractivity (Wildman–Crippen MR) is 113 cm³/mol. The topological polar surface area (TPSA) is 88.4 Å². The fourth-order valence-corrected chi connectivity index (χ4v) is 2.61. The molecule has 3 aromatic carbocycles. The Morgan fingerprint density at radius 3 is 2.35 bits per heavy atom. The monoisotopic (exact) mass is 416 g/mol. The molecule has 7 heteroatoms. The van der Waals surface area contributed by atoms with E-state index in [1.807, 2.05) is 6.07 Å². The molecule has 0 unspecified atom stereocenters. The van der Waals surface area contributed by atoms with Gasteiger partial charge < -0.3 is 14.8 Å². The van der Waals surface area contributed by atoms with Crippen molar-refractivity contribution in [3.05, 3.63) is 95.3 Å². The zero-order valence-electron chi connectivity index (χ0n) is 16.5. The van der Waals surface area contributed by atoms with Gasteiger partial charge in [0.05, 0.1) is 12.7 Å². The van der Waals surface area contributed by atoms with Gasteiger partial charge in [-0.2, -0.15) is 5.26 Å². The second-order valence-corrected chi connectivity index (χ2v) is 6.32. The summed E-state index contributed by atoms with van der Waals surface area (Å²) < 4.78 is 23.4. The Morgan fingerprint density at radius 2 is 1.71 bits per heavy atom. The number of benzene rings is 3. The van der Waals surface area contributed by atoms with E-state index in [2.05, 4.69) is 5.32 Å². The zero-order chi connectivity index (χ0) is 22.2. The standard InChI is InChI=1S/C24H17FN2O4/c1-30-21-11-5-17(6-12-21)24(29)31-22-4-2-3-16(14-22)13-18(15-26)23(28)27-20-9-7-19(25)8-10-20/h2-14H,1H3,(H,27,28)/b18-13+. The minimum Gasteiger partial charge on any atom is -0.497 e. The number of ether oxygens (including phenoxy) is 2. The van der Waals surface area contributed by atoms with E-state index in [1.54, 1.807) is 42.5 Å². The Bertz CT molecular complexity index is 1160. The number of rotatable bonds is 6. The van der Waals surface area contributed by atoms with Crippen LogP contribution in [-0.4, -0.2) is 19.0 Å². The number of carbonyl (C=O) groups is 2. The van der Waals surface area contributed by atoms with E-state index in [0.29, 0.717) is 22.6 Å². The van der Waals surface area contributed by atoms with Gasteiger partial charge >= 0.3 is 5.97 Å². The molecule has 0 heterocycles. The largest absolute Gasteiger partial charge is 0.497 e. The summed E-state index contributed by atoms with van der Waals surface area (Å²) in [7, 11) is 1.53. The van der Waals surface area contributed by atoms with Gasteiger partial charge in [0.1, 0.15) is 29.0 Å². The average molecular weight is 416 g/mol. The molecule has 154 valence electrons. The number of nitrogens with one attached hydrogen (secondary N) is 1. The molecule has 0 aliphatic rings. The smallest absolute Gasteiger partial charge is 0.343 e. The number of esters is 1. The molecule has 6 nitrogen and oxygen atoms in total. The summed E-state index contributed by atoms with van der Waals surface area (Å²) >= 11 is 0. The first kappa shape index (κ1) is 21.3. The molecule has 3 rings (SSSR count). The molecule has 31 heavy (non-hydrogen) atoms. The average Bonchev–Trinajstić information content (AvgIpc) is 2.79. The van der Waals surface area contributed by atoms with Crippen molar-refractivity contribution in [1.82, 2.24) is 0 Å². The maximum Gasteiger partial charge on any atom is 0.343 e. The lowest BCUT2D eigenvalue weighted by molar-refractivity contribution is -0.112. The summed E-state index contributed by atoms with van der Waals surface area (Å²) in [5, 5.41) is 11.9. The molecule has 0 aromatic heterocycles. The first-order valence-electron chi connectivity index (χ1n) is 9.13. The number of nitriles is 1. The third-order valence-corrected chi connectivity index (χ3v) is 4.17. The second-order valence-electron chi connectivity index (χ2n) is 6.32. The summed E-state index contributed by atoms with van der Waals surface area (Å²) in [6, 6.07) is 19.9. The van der Waals surface area contributed by atoms with Crippen molar-refractivity contribution in [3.63, 3.8) is 0 Å². The van der Waals surface area contributed by atoms with Crippen LogP contribution in [-0.2, 0) is 4.79 Å². The molecule has 0 spiro atoms. The molecule has 0 atom stereocenters. The Morgan fingerprint density at radius 1 is 1.00 bits per heavy atom. The number of anilines is 1. The van der Waals surface area contributed by atoms with Gasteiger partial charge in [0.2, 0.25) is 0 Å². The van der Waals surface area contributed by atoms with Crippen LogP contribution in [0.15, 0.2) is 78.4 Å². The number of nitrogens with zero attached hydrogens (tertiary/aromatic N) is 1. The number of methoxy groups -OCH3 is 1. The van der Waals surface area contributed by atoms with E-state index in [1.165, 1.54) is 43.5 Å². The highest BCUT2D eigenvalue weighted by Crippen LogP contribution is 2.19. The Labute approximate surface area is 178 Å². The highest BCUT2D eigenvalue weighted by atomic mass is 19.1. The zero-order valence-corrected chi connectivity index (χ0v) is 16.5. The molecule has 0 saturated carbocycles. The molecule has 1 N–H and O–H groups in total. The molecule has 3 aromatic rings. The van der Waals surface area contributed by atoms with Crippen molar-refractivity contribution in [2.45, 2.75) is 0 Å². The van der Waals surface area contributed by atoms with Gasteiger partial charge in [-0.3, -0.25) is 4.79 Å². The van der Waals surface area contributed by atoms with E-state index >= 15 is 0 Å². The van der Waals surface area contributed by atoms with Crippen LogP contribution in [0.1, 0.15) is 15.9 Å². The SMILES string of the molecule is COc1ccc(C(=O)Oc2cccc(/C=C(\C#N)C(=O)Nc3ccc(F)cc3)c2)cc1. The Hall–Kier alpha value is -4.44. The van der Waals surface area contributed by atoms with Crippen LogP contribution < -0.4 is 14.8 Å². The summed E-state index contributed by atoms with van der Waals surface area (Å²) in [6.07, 6.45) is 1.36. The lowest BCUT2D eigenvalue weighted by atomic mass is 10.1. The number of amides is 1. The first-order chi connectivity index (χ1) is 15.0. The van der Waals surface area contributed by atoms with Gasteiger partial charge in [-0.05, 0) is 72.3 Å². The fraction of sp³-hybridized carbons (Fsp3) is 0.0417. The fourth-order valence-electron chi connectivity index (χ4n) is 2.61. The number of halogens is 1.